The summed E-state index contributed by atoms with van der Waals surface area (Å²) in [6.45, 7) is 0. The fraction of sp³-hybridized carbons (Fsp3) is 0. The summed E-state index contributed by atoms with van der Waals surface area (Å²) in [5.41, 5.74) is 1.59. The second-order valence-electron chi connectivity index (χ2n) is 0.656. The van der Waals surface area contributed by atoms with Crippen LogP contribution in [0.2, 0.25) is 0 Å². The van der Waals surface area contributed by atoms with E-state index in [9.17, 15) is 13.6 Å². The van der Waals surface area contributed by atoms with Crippen LogP contribution in [0.25, 0.3) is 0 Å². The number of hydrogen-bond acceptors (Lipinski definition) is 4. The average molecular weight is 139 g/mol. The molecule has 0 heterocycles. The lowest BCUT2D eigenvalue weighted by atomic mass is 11.5. The summed E-state index contributed by atoms with van der Waals surface area (Å²) in [5.74, 6) is 0. The summed E-state index contributed by atoms with van der Waals surface area (Å²) in [4.78, 5) is 14.5. The molecule has 0 aromatic rings. The minimum Gasteiger partial charge on any atom is -0.758 e. The van der Waals surface area contributed by atoms with Gasteiger partial charge in [-0.1, -0.05) is 0 Å². The predicted octanol–water partition coefficient (Wildman–Crippen LogP) is -2.04. The van der Waals surface area contributed by atoms with Crippen molar-refractivity contribution in [3.63, 3.8) is 0 Å². The molecule has 6 nitrogen and oxygen atoms in total. The molecule has 0 saturated carbocycles. The number of rotatable bonds is 4. The highest BCUT2D eigenvalue weighted by Crippen LogP contribution is 1.57. The van der Waals surface area contributed by atoms with E-state index in [4.69, 9.17) is 0 Å². The molecule has 0 aliphatic heterocycles. The molecule has 0 aliphatic carbocycles. The van der Waals surface area contributed by atoms with E-state index in [1.165, 1.54) is 4.89 Å². The van der Waals surface area contributed by atoms with Gasteiger partial charge in [-0.25, -0.2) is 5.48 Å². The monoisotopic (exact) mass is 139 g/mol. The van der Waals surface area contributed by atoms with Crippen LogP contribution in [0.4, 0.5) is 0 Å². The van der Waals surface area contributed by atoms with Crippen LogP contribution in [-0.2, 0) is 21.0 Å². The van der Waals surface area contributed by atoms with Crippen LogP contribution >= 0.6 is 0 Å². The first-order valence-corrected chi connectivity index (χ1v) is 2.54. The van der Waals surface area contributed by atoms with Crippen LogP contribution in [0, 0.1) is 0 Å². The lowest BCUT2D eigenvalue weighted by Gasteiger charge is -2.02. The molecular weight excluding hydrogens is 136 g/mol. The first kappa shape index (κ1) is 7.50. The summed E-state index contributed by atoms with van der Waals surface area (Å²) < 4.78 is 19.0. The van der Waals surface area contributed by atoms with Crippen LogP contribution < -0.4 is 10.4 Å². The molecule has 0 aromatic carbocycles. The van der Waals surface area contributed by atoms with Crippen LogP contribution in [-0.4, -0.2) is 15.2 Å². The zero-order chi connectivity index (χ0) is 6.41. The van der Waals surface area contributed by atoms with Crippen LogP contribution in [0.15, 0.2) is 0 Å². The first-order chi connectivity index (χ1) is 3.77. The van der Waals surface area contributed by atoms with E-state index in [0.717, 1.165) is 0 Å². The second kappa shape index (κ2) is 4.65. The Kier molecular flexibility index (Phi) is 4.36. The van der Waals surface area contributed by atoms with Crippen molar-refractivity contribution in [3.8, 4) is 0 Å². The number of hydrogen-bond donors (Lipinski definition) is 2. The predicted molar refractivity (Wildman–Crippen MR) is 22.3 cm³/mol. The second-order valence-corrected chi connectivity index (χ2v) is 1.29. The van der Waals surface area contributed by atoms with Gasteiger partial charge in [0, 0.05) is 11.3 Å². The Morgan fingerprint density at radius 1 is 1.75 bits per heavy atom. The van der Waals surface area contributed by atoms with Gasteiger partial charge in [0.2, 0.25) is 6.41 Å². The van der Waals surface area contributed by atoms with Crippen molar-refractivity contribution in [3.05, 3.63) is 0 Å². The van der Waals surface area contributed by atoms with Gasteiger partial charge in [-0.05, 0) is 0 Å². The molecule has 0 aromatic heterocycles. The number of carbonyl (C=O) groups is 1. The molecule has 8 heavy (non-hydrogen) atoms. The van der Waals surface area contributed by atoms with E-state index < -0.39 is 11.3 Å². The Balaban J connectivity index is 2.93. The summed E-state index contributed by atoms with van der Waals surface area (Å²) >= 11 is -2.51. The zero-order valence-electron chi connectivity index (χ0n) is 3.62. The first-order valence-electron chi connectivity index (χ1n) is 1.47. The van der Waals surface area contributed by atoms with Crippen molar-refractivity contribution < 1.29 is 18.5 Å². The molecular formula is CH3N2O4S-. The van der Waals surface area contributed by atoms with Gasteiger partial charge < -0.3 is 4.55 Å². The zero-order valence-corrected chi connectivity index (χ0v) is 4.44. The third kappa shape index (κ3) is 5.50. The lowest BCUT2D eigenvalue weighted by Crippen LogP contribution is -2.25. The molecule has 1 unspecified atom stereocenters. The molecule has 0 spiro atoms. The fourth-order valence-electron chi connectivity index (χ4n) is 0.0821. The van der Waals surface area contributed by atoms with Gasteiger partial charge in [-0.3, -0.25) is 9.00 Å². The van der Waals surface area contributed by atoms with E-state index >= 15 is 0 Å². The molecule has 1 amide bonds. The van der Waals surface area contributed by atoms with E-state index in [2.05, 4.69) is 4.94 Å². The Bertz CT molecular complexity index is 94.0. The Morgan fingerprint density at radius 2 is 2.38 bits per heavy atom. The highest BCUT2D eigenvalue weighted by molar-refractivity contribution is 7.76. The molecule has 0 bridgehead atoms. The van der Waals surface area contributed by atoms with Crippen molar-refractivity contribution in [2.45, 2.75) is 0 Å². The van der Waals surface area contributed by atoms with Gasteiger partial charge in [-0.15, -0.1) is 4.89 Å². The minimum absolute atomic E-state index is 0.180. The minimum atomic E-state index is -2.51. The molecule has 0 fully saturated rings. The third-order valence-electron chi connectivity index (χ3n) is 0.217. The van der Waals surface area contributed by atoms with Crippen molar-refractivity contribution in [2.75, 3.05) is 0 Å². The van der Waals surface area contributed by atoms with E-state index in [0.29, 0.717) is 0 Å². The highest BCUT2D eigenvalue weighted by atomic mass is 32.2. The van der Waals surface area contributed by atoms with E-state index in [1.54, 1.807) is 5.48 Å². The summed E-state index contributed by atoms with van der Waals surface area (Å²) in [7, 11) is 0. The SMILES string of the molecule is O=CNONS(=O)[O-]. The van der Waals surface area contributed by atoms with Gasteiger partial charge in [0.25, 0.3) is 0 Å². The maximum Gasteiger partial charge on any atom is 0.232 e. The van der Waals surface area contributed by atoms with Crippen molar-refractivity contribution >= 4 is 17.7 Å². The number of nitrogens with one attached hydrogen (secondary N) is 2. The quantitative estimate of drug-likeness (QED) is 0.203. The summed E-state index contributed by atoms with van der Waals surface area (Å²) in [6.07, 6.45) is 0.180. The van der Waals surface area contributed by atoms with E-state index in [1.807, 2.05) is 0 Å². The third-order valence-corrected chi connectivity index (χ3v) is 0.436. The van der Waals surface area contributed by atoms with Crippen LogP contribution in [0.3, 0.4) is 0 Å². The Morgan fingerprint density at radius 3 is 2.75 bits per heavy atom. The van der Waals surface area contributed by atoms with Gasteiger partial charge in [0.15, 0.2) is 0 Å². The smallest absolute Gasteiger partial charge is 0.232 e. The van der Waals surface area contributed by atoms with Crippen molar-refractivity contribution in [1.29, 1.82) is 0 Å². The Labute approximate surface area is 47.5 Å². The molecule has 2 N–H and O–H groups in total. The molecule has 7 heteroatoms. The largest absolute Gasteiger partial charge is 0.758 e. The molecule has 48 valence electrons. The number of amides is 1. The Hall–Kier alpha value is -0.500. The maximum absolute atomic E-state index is 9.48. The standard InChI is InChI=1S/CH4N2O4S/c4-1-2-7-3-8(5)6/h1,3H,(H,2,4)(H,5,6)/p-1. The topological polar surface area (TPSA) is 90.5 Å². The summed E-state index contributed by atoms with van der Waals surface area (Å²) in [5, 5.41) is 0. The van der Waals surface area contributed by atoms with Gasteiger partial charge in [0.05, 0.1) is 0 Å². The van der Waals surface area contributed by atoms with Crippen LogP contribution in [0.1, 0.15) is 0 Å². The summed E-state index contributed by atoms with van der Waals surface area (Å²) in [6, 6.07) is 0. The molecule has 0 radical (unpaired) electrons. The van der Waals surface area contributed by atoms with Gasteiger partial charge >= 0.3 is 0 Å². The van der Waals surface area contributed by atoms with Crippen molar-refractivity contribution in [2.24, 2.45) is 0 Å². The highest BCUT2D eigenvalue weighted by Gasteiger charge is 1.76. The molecule has 1 atom stereocenters. The van der Waals surface area contributed by atoms with Crippen molar-refractivity contribution in [1.82, 2.24) is 10.4 Å². The van der Waals surface area contributed by atoms with Gasteiger partial charge in [-0.2, -0.15) is 4.94 Å². The fourth-order valence-corrected chi connectivity index (χ4v) is 0.198. The van der Waals surface area contributed by atoms with E-state index in [-0.39, 0.29) is 6.41 Å². The molecule has 0 aliphatic rings. The molecule has 0 rings (SSSR count). The molecule has 0 saturated heterocycles. The lowest BCUT2D eigenvalue weighted by molar-refractivity contribution is -0.123. The van der Waals surface area contributed by atoms with Gasteiger partial charge in [0.1, 0.15) is 0 Å². The maximum atomic E-state index is 9.48. The normalized spacial score (nSPS) is 12.6. The average Bonchev–Trinajstić information content (AvgIpc) is 1.66. The number of carbonyl (C=O) groups excluding carboxylic acids is 1. The van der Waals surface area contributed by atoms with Crippen LogP contribution in [0.5, 0.6) is 0 Å². The number of hydroxylamine groups is 1.